The molecule has 6 rings (SSSR count). The molecule has 182 valence electrons. The van der Waals surface area contributed by atoms with Gasteiger partial charge in [0, 0.05) is 23.6 Å². The Morgan fingerprint density at radius 1 is 0.943 bits per heavy atom. The number of rotatable bonds is 2. The van der Waals surface area contributed by atoms with Crippen molar-refractivity contribution in [2.75, 3.05) is 12.0 Å². The van der Waals surface area contributed by atoms with Gasteiger partial charge in [0.1, 0.15) is 5.75 Å². The number of aromatic nitrogens is 1. The number of carbonyl (C=O) groups is 2. The number of imide groups is 1. The zero-order chi connectivity index (χ0) is 24.6. The molecule has 3 aromatic rings. The number of fused-ring (bicyclic) bond motifs is 8. The lowest BCUT2D eigenvalue weighted by atomic mass is 9.56. The summed E-state index contributed by atoms with van der Waals surface area (Å²) in [7, 11) is 3.68. The van der Waals surface area contributed by atoms with E-state index in [9.17, 15) is 9.59 Å². The van der Waals surface area contributed by atoms with Gasteiger partial charge in [-0.3, -0.25) is 9.59 Å². The summed E-state index contributed by atoms with van der Waals surface area (Å²) in [6.07, 6.45) is 3.23. The zero-order valence-corrected chi connectivity index (χ0v) is 21.2. The molecule has 0 radical (unpaired) electrons. The monoisotopic (exact) mass is 470 g/mol. The van der Waals surface area contributed by atoms with E-state index in [1.54, 1.807) is 7.11 Å². The second kappa shape index (κ2) is 7.71. The molecule has 1 saturated heterocycles. The Labute approximate surface area is 207 Å². The number of hydrogen-bond acceptors (Lipinski definition) is 3. The Kier molecular flexibility index (Phi) is 4.93. The molecule has 1 saturated carbocycles. The van der Waals surface area contributed by atoms with Gasteiger partial charge >= 0.3 is 0 Å². The van der Waals surface area contributed by atoms with Gasteiger partial charge < -0.3 is 9.30 Å². The van der Waals surface area contributed by atoms with Crippen molar-refractivity contribution in [2.45, 2.75) is 51.9 Å². The van der Waals surface area contributed by atoms with Crippen LogP contribution < -0.4 is 9.64 Å². The normalized spacial score (nSPS) is 28.1. The lowest BCUT2D eigenvalue weighted by molar-refractivity contribution is -0.123. The van der Waals surface area contributed by atoms with Gasteiger partial charge in [-0.05, 0) is 78.3 Å². The number of aryl methyl sites for hydroxylation is 1. The molecule has 5 nitrogen and oxygen atoms in total. The molecule has 1 aromatic heterocycles. The van der Waals surface area contributed by atoms with E-state index in [1.807, 2.05) is 24.3 Å². The summed E-state index contributed by atoms with van der Waals surface area (Å²) in [6, 6.07) is 15.8. The molecule has 5 atom stereocenters. The third-order valence-corrected chi connectivity index (χ3v) is 9.13. The minimum Gasteiger partial charge on any atom is -0.497 e. The number of nitrogens with zero attached hydrogens (tertiary/aromatic N) is 2. The fourth-order valence-corrected chi connectivity index (χ4v) is 7.35. The highest BCUT2D eigenvalue weighted by Gasteiger charge is 2.60. The van der Waals surface area contributed by atoms with Crippen molar-refractivity contribution in [3.05, 3.63) is 59.8 Å². The highest BCUT2D eigenvalue weighted by molar-refractivity contribution is 6.24. The quantitative estimate of drug-likeness (QED) is 0.430. The number of amides is 2. The number of ether oxygens (including phenoxy) is 1. The van der Waals surface area contributed by atoms with Crippen LogP contribution >= 0.6 is 0 Å². The van der Waals surface area contributed by atoms with Crippen LogP contribution in [-0.2, 0) is 16.6 Å². The van der Waals surface area contributed by atoms with Crippen LogP contribution in [0.25, 0.3) is 10.9 Å². The maximum atomic E-state index is 14.1. The van der Waals surface area contributed by atoms with Crippen LogP contribution in [0.3, 0.4) is 0 Å². The zero-order valence-electron chi connectivity index (χ0n) is 21.2. The van der Waals surface area contributed by atoms with E-state index in [1.165, 1.54) is 15.8 Å². The summed E-state index contributed by atoms with van der Waals surface area (Å²) in [4.78, 5) is 29.7. The molecular formula is C30H34N2O3. The highest BCUT2D eigenvalue weighted by atomic mass is 16.5. The summed E-state index contributed by atoms with van der Waals surface area (Å²) in [5.41, 5.74) is 4.34. The Morgan fingerprint density at radius 3 is 2.34 bits per heavy atom. The summed E-state index contributed by atoms with van der Waals surface area (Å²) in [5, 5.41) is 1.25. The summed E-state index contributed by atoms with van der Waals surface area (Å²) < 4.78 is 7.49. The van der Waals surface area contributed by atoms with Gasteiger partial charge in [-0.15, -0.1) is 0 Å². The Balaban J connectivity index is 1.53. The molecule has 1 unspecified atom stereocenters. The predicted molar refractivity (Wildman–Crippen MR) is 138 cm³/mol. The van der Waals surface area contributed by atoms with Gasteiger partial charge in [0.25, 0.3) is 0 Å². The first kappa shape index (κ1) is 22.4. The average molecular weight is 471 g/mol. The summed E-state index contributed by atoms with van der Waals surface area (Å²) >= 11 is 0. The van der Waals surface area contributed by atoms with Crippen LogP contribution in [0.2, 0.25) is 0 Å². The SMILES string of the molecule is COc1ccc(N2C(=O)[C@H]3[C@H]4CC(C(C)(C)C)CC[C@H]4c4c(n(C)c5ccccc45)[C@H]3C2=O)cc1. The second-order valence-corrected chi connectivity index (χ2v) is 11.7. The van der Waals surface area contributed by atoms with E-state index in [-0.39, 0.29) is 29.1 Å². The molecule has 35 heavy (non-hydrogen) atoms. The van der Waals surface area contributed by atoms with E-state index in [4.69, 9.17) is 4.74 Å². The molecule has 2 fully saturated rings. The topological polar surface area (TPSA) is 51.5 Å². The van der Waals surface area contributed by atoms with Gasteiger partial charge in [0.15, 0.2) is 0 Å². The Morgan fingerprint density at radius 2 is 1.66 bits per heavy atom. The first-order chi connectivity index (χ1) is 16.7. The predicted octanol–water partition coefficient (Wildman–Crippen LogP) is 6.02. The van der Waals surface area contributed by atoms with E-state index in [2.05, 4.69) is 56.7 Å². The van der Waals surface area contributed by atoms with Crippen molar-refractivity contribution in [3.8, 4) is 5.75 Å². The first-order valence-electron chi connectivity index (χ1n) is 12.8. The van der Waals surface area contributed by atoms with Gasteiger partial charge in [-0.25, -0.2) is 4.90 Å². The molecule has 3 aliphatic rings. The smallest absolute Gasteiger partial charge is 0.243 e. The molecular weight excluding hydrogens is 436 g/mol. The number of methoxy groups -OCH3 is 1. The second-order valence-electron chi connectivity index (χ2n) is 11.7. The number of anilines is 1. The third kappa shape index (κ3) is 3.13. The number of hydrogen-bond donors (Lipinski definition) is 0. The van der Waals surface area contributed by atoms with Crippen LogP contribution in [0, 0.1) is 23.2 Å². The highest BCUT2D eigenvalue weighted by Crippen LogP contribution is 2.60. The van der Waals surface area contributed by atoms with Crippen LogP contribution in [0.15, 0.2) is 48.5 Å². The van der Waals surface area contributed by atoms with Crippen molar-refractivity contribution in [1.29, 1.82) is 0 Å². The lowest BCUT2D eigenvalue weighted by Gasteiger charge is -2.47. The summed E-state index contributed by atoms with van der Waals surface area (Å²) in [5.74, 6) is 0.867. The van der Waals surface area contributed by atoms with Gasteiger partial charge in [0.2, 0.25) is 11.8 Å². The summed E-state index contributed by atoms with van der Waals surface area (Å²) in [6.45, 7) is 6.94. The van der Waals surface area contributed by atoms with Crippen LogP contribution in [0.5, 0.6) is 5.75 Å². The minimum absolute atomic E-state index is 0.0365. The largest absolute Gasteiger partial charge is 0.497 e. The van der Waals surface area contributed by atoms with E-state index in [0.29, 0.717) is 23.3 Å². The maximum absolute atomic E-state index is 14.1. The van der Waals surface area contributed by atoms with Crippen LogP contribution in [0.1, 0.15) is 63.1 Å². The molecule has 2 amide bonds. The Bertz CT molecular complexity index is 1330. The van der Waals surface area contributed by atoms with Gasteiger partial charge in [-0.1, -0.05) is 39.0 Å². The minimum atomic E-state index is -0.433. The van der Waals surface area contributed by atoms with E-state index < -0.39 is 5.92 Å². The number of para-hydroxylation sites is 1. The standard InChI is InChI=1S/C30H34N2O3/c1-30(2,3)17-10-15-20-22(16-17)25-26(27-24(20)21-8-6-7-9-23(21)31(27)4)29(34)32(28(25)33)18-11-13-19(35-5)14-12-18/h6-9,11-14,17,20,22,25-26H,10,15-16H2,1-5H3/t17?,20-,22+,25+,26+/m1/s1. The van der Waals surface area contributed by atoms with Crippen molar-refractivity contribution in [3.63, 3.8) is 0 Å². The Hall–Kier alpha value is -3.08. The fraction of sp³-hybridized carbons (Fsp3) is 0.467. The molecule has 0 spiro atoms. The fourth-order valence-electron chi connectivity index (χ4n) is 7.35. The van der Waals surface area contributed by atoms with Crippen LogP contribution in [-0.4, -0.2) is 23.5 Å². The molecule has 2 heterocycles. The van der Waals surface area contributed by atoms with E-state index >= 15 is 0 Å². The maximum Gasteiger partial charge on any atom is 0.243 e. The molecule has 2 aromatic carbocycles. The third-order valence-electron chi connectivity index (χ3n) is 9.13. The molecule has 0 N–H and O–H groups in total. The van der Waals surface area contributed by atoms with Crippen molar-refractivity contribution in [1.82, 2.24) is 4.57 Å². The number of carbonyl (C=O) groups excluding carboxylic acids is 2. The van der Waals surface area contributed by atoms with E-state index in [0.717, 1.165) is 30.5 Å². The molecule has 0 bridgehead atoms. The lowest BCUT2D eigenvalue weighted by Crippen LogP contribution is -2.42. The molecule has 1 aliphatic heterocycles. The van der Waals surface area contributed by atoms with Crippen molar-refractivity contribution < 1.29 is 14.3 Å². The number of benzene rings is 2. The molecule has 2 aliphatic carbocycles. The van der Waals surface area contributed by atoms with Gasteiger partial charge in [-0.2, -0.15) is 0 Å². The van der Waals surface area contributed by atoms with Gasteiger partial charge in [0.05, 0.1) is 24.6 Å². The first-order valence-corrected chi connectivity index (χ1v) is 12.8. The van der Waals surface area contributed by atoms with Crippen molar-refractivity contribution >= 4 is 28.4 Å². The molecule has 5 heteroatoms. The van der Waals surface area contributed by atoms with Crippen molar-refractivity contribution in [2.24, 2.45) is 30.2 Å². The average Bonchev–Trinajstić information content (AvgIpc) is 3.29. The van der Waals surface area contributed by atoms with Crippen LogP contribution in [0.4, 0.5) is 5.69 Å².